The van der Waals surface area contributed by atoms with Gasteiger partial charge in [0.1, 0.15) is 10.2 Å². The molecule has 1 atom stereocenters. The van der Waals surface area contributed by atoms with Crippen molar-refractivity contribution < 1.29 is 5.11 Å². The van der Waals surface area contributed by atoms with E-state index in [9.17, 15) is 5.11 Å². The van der Waals surface area contributed by atoms with E-state index in [0.717, 1.165) is 35.3 Å². The molecule has 0 aliphatic heterocycles. The number of hydrogen-bond donors (Lipinski definition) is 1. The van der Waals surface area contributed by atoms with Gasteiger partial charge in [-0.25, -0.2) is 0 Å². The molecule has 3 aromatic rings. The van der Waals surface area contributed by atoms with Gasteiger partial charge in [0.2, 0.25) is 0 Å². The van der Waals surface area contributed by atoms with Gasteiger partial charge in [0.05, 0.1) is 0 Å². The Morgan fingerprint density at radius 1 is 0.778 bits per heavy atom. The van der Waals surface area contributed by atoms with E-state index >= 15 is 0 Å². The Morgan fingerprint density at radius 2 is 1.37 bits per heavy atom. The fraction of sp³-hybridized carbons (Fsp3) is 0.333. The van der Waals surface area contributed by atoms with Crippen molar-refractivity contribution in [2.24, 2.45) is 0 Å². The number of thioether (sulfide) groups is 2. The zero-order chi connectivity index (χ0) is 19.1. The van der Waals surface area contributed by atoms with Gasteiger partial charge in [-0.1, -0.05) is 86.6 Å². The molecule has 0 saturated carbocycles. The Morgan fingerprint density at radius 3 is 2.04 bits per heavy atom. The van der Waals surface area contributed by atoms with Crippen molar-refractivity contribution in [2.75, 3.05) is 11.5 Å². The average Bonchev–Trinajstić information content (AvgIpc) is 2.74. The van der Waals surface area contributed by atoms with Crippen LogP contribution in [0, 0.1) is 0 Å². The number of aliphatic hydroxyl groups is 1. The molecule has 0 aliphatic rings. The topological polar surface area (TPSA) is 20.2 Å². The van der Waals surface area contributed by atoms with Crippen LogP contribution in [0.4, 0.5) is 0 Å². The van der Waals surface area contributed by atoms with Gasteiger partial charge in [-0.15, -0.1) is 23.5 Å². The van der Waals surface area contributed by atoms with Crippen LogP contribution in [-0.4, -0.2) is 16.6 Å². The second-order valence-corrected chi connectivity index (χ2v) is 9.64. The van der Waals surface area contributed by atoms with Crippen LogP contribution < -0.4 is 0 Å². The first-order chi connectivity index (χ1) is 13.2. The molecule has 0 fully saturated rings. The SMILES string of the molecule is CCCSC(SCCC)(c1ccccc1)C(O)c1cccc2ccccc12. The molecule has 0 saturated heterocycles. The third-order valence-electron chi connectivity index (χ3n) is 4.70. The first-order valence-corrected chi connectivity index (χ1v) is 11.7. The lowest BCUT2D eigenvalue weighted by Crippen LogP contribution is -2.28. The highest BCUT2D eigenvalue weighted by Crippen LogP contribution is 2.55. The summed E-state index contributed by atoms with van der Waals surface area (Å²) in [5, 5.41) is 14.1. The first-order valence-electron chi connectivity index (χ1n) is 9.72. The lowest BCUT2D eigenvalue weighted by molar-refractivity contribution is 0.165. The maximum Gasteiger partial charge on any atom is 0.116 e. The Kier molecular flexibility index (Phi) is 7.28. The van der Waals surface area contributed by atoms with Gasteiger partial charge in [0.25, 0.3) is 0 Å². The quantitative estimate of drug-likeness (QED) is 0.393. The van der Waals surface area contributed by atoms with Crippen molar-refractivity contribution in [1.29, 1.82) is 0 Å². The summed E-state index contributed by atoms with van der Waals surface area (Å²) in [4.78, 5) is 0. The number of fused-ring (bicyclic) bond motifs is 1. The number of rotatable bonds is 9. The zero-order valence-corrected chi connectivity index (χ0v) is 17.7. The van der Waals surface area contributed by atoms with Gasteiger partial charge in [-0.3, -0.25) is 0 Å². The van der Waals surface area contributed by atoms with Crippen molar-refractivity contribution >= 4 is 34.3 Å². The van der Waals surface area contributed by atoms with Gasteiger partial charge in [0, 0.05) is 0 Å². The maximum atomic E-state index is 11.8. The van der Waals surface area contributed by atoms with Crippen LogP contribution in [0.3, 0.4) is 0 Å². The second-order valence-electron chi connectivity index (χ2n) is 6.70. The molecule has 0 spiro atoms. The second kappa shape index (κ2) is 9.68. The van der Waals surface area contributed by atoms with E-state index in [1.807, 2.05) is 29.6 Å². The summed E-state index contributed by atoms with van der Waals surface area (Å²) in [5.41, 5.74) is 2.21. The van der Waals surface area contributed by atoms with Crippen LogP contribution in [0.15, 0.2) is 72.8 Å². The van der Waals surface area contributed by atoms with Crippen molar-refractivity contribution in [1.82, 2.24) is 0 Å². The highest BCUT2D eigenvalue weighted by molar-refractivity contribution is 8.17. The smallest absolute Gasteiger partial charge is 0.116 e. The molecular formula is C24H28OS2. The zero-order valence-electron chi connectivity index (χ0n) is 16.1. The minimum Gasteiger partial charge on any atom is -0.386 e. The first kappa shape index (κ1) is 20.3. The molecule has 0 heterocycles. The predicted octanol–water partition coefficient (Wildman–Crippen LogP) is 7.01. The Balaban J connectivity index is 2.15. The Labute approximate surface area is 171 Å². The van der Waals surface area contributed by atoms with Crippen LogP contribution in [-0.2, 0) is 4.08 Å². The summed E-state index contributed by atoms with van der Waals surface area (Å²) in [7, 11) is 0. The van der Waals surface area contributed by atoms with Crippen LogP contribution in [0.2, 0.25) is 0 Å². The minimum atomic E-state index is -0.584. The number of hydrogen-bond acceptors (Lipinski definition) is 3. The summed E-state index contributed by atoms with van der Waals surface area (Å²) < 4.78 is -0.405. The van der Waals surface area contributed by atoms with Crippen molar-refractivity contribution in [3.05, 3.63) is 83.9 Å². The molecule has 0 aliphatic carbocycles. The Hall–Kier alpha value is -1.42. The summed E-state index contributed by atoms with van der Waals surface area (Å²) in [5.74, 6) is 2.04. The molecule has 0 aromatic heterocycles. The lowest BCUT2D eigenvalue weighted by atomic mass is 9.95. The molecule has 3 rings (SSSR count). The van der Waals surface area contributed by atoms with Crippen molar-refractivity contribution in [3.8, 4) is 0 Å². The number of benzene rings is 3. The Bertz CT molecular complexity index is 834. The molecule has 0 bridgehead atoms. The van der Waals surface area contributed by atoms with E-state index < -0.39 is 10.2 Å². The van der Waals surface area contributed by atoms with Crippen LogP contribution in [0.5, 0.6) is 0 Å². The third kappa shape index (κ3) is 4.37. The molecule has 3 heteroatoms. The summed E-state index contributed by atoms with van der Waals surface area (Å²) in [6.07, 6.45) is 1.60. The maximum absolute atomic E-state index is 11.8. The normalized spacial score (nSPS) is 13.0. The molecule has 1 nitrogen and oxygen atoms in total. The van der Waals surface area contributed by atoms with E-state index in [-0.39, 0.29) is 0 Å². The monoisotopic (exact) mass is 396 g/mol. The van der Waals surface area contributed by atoms with E-state index in [0.29, 0.717) is 0 Å². The molecule has 3 aromatic carbocycles. The van der Waals surface area contributed by atoms with Crippen molar-refractivity contribution in [2.45, 2.75) is 36.9 Å². The minimum absolute atomic E-state index is 0.405. The molecule has 1 N–H and O–H groups in total. The molecule has 1 unspecified atom stereocenters. The van der Waals surface area contributed by atoms with E-state index in [2.05, 4.69) is 80.6 Å². The standard InChI is InChI=1S/C24H28OS2/c1-3-17-26-24(27-18-4-2,20-13-6-5-7-14-20)23(25)22-16-10-12-19-11-8-9-15-21(19)22/h5-16,23,25H,3-4,17-18H2,1-2H3. The van der Waals surface area contributed by atoms with Gasteiger partial charge in [-0.2, -0.15) is 0 Å². The van der Waals surface area contributed by atoms with Gasteiger partial charge in [0.15, 0.2) is 0 Å². The predicted molar refractivity (Wildman–Crippen MR) is 123 cm³/mol. The third-order valence-corrected chi connectivity index (χ3v) is 8.40. The lowest BCUT2D eigenvalue weighted by Gasteiger charge is -2.38. The number of aliphatic hydroxyl groups excluding tert-OH is 1. The molecule has 27 heavy (non-hydrogen) atoms. The summed E-state index contributed by atoms with van der Waals surface area (Å²) >= 11 is 3.77. The van der Waals surface area contributed by atoms with Gasteiger partial charge in [-0.05, 0) is 46.2 Å². The molecule has 0 amide bonds. The summed E-state index contributed by atoms with van der Waals surface area (Å²) in [6, 6.07) is 25.2. The van der Waals surface area contributed by atoms with Gasteiger partial charge < -0.3 is 5.11 Å². The largest absolute Gasteiger partial charge is 0.386 e. The molecular weight excluding hydrogens is 368 g/mol. The van der Waals surface area contributed by atoms with E-state index in [4.69, 9.17) is 0 Å². The fourth-order valence-electron chi connectivity index (χ4n) is 3.40. The van der Waals surface area contributed by atoms with E-state index in [1.165, 1.54) is 10.9 Å². The average molecular weight is 397 g/mol. The van der Waals surface area contributed by atoms with E-state index in [1.54, 1.807) is 0 Å². The van der Waals surface area contributed by atoms with Gasteiger partial charge >= 0.3 is 0 Å². The van der Waals surface area contributed by atoms with Crippen LogP contribution in [0.25, 0.3) is 10.8 Å². The summed E-state index contributed by atoms with van der Waals surface area (Å²) in [6.45, 7) is 4.41. The van der Waals surface area contributed by atoms with Crippen molar-refractivity contribution in [3.63, 3.8) is 0 Å². The molecule has 142 valence electrons. The highest BCUT2D eigenvalue weighted by Gasteiger charge is 2.41. The van der Waals surface area contributed by atoms with Crippen LogP contribution >= 0.6 is 23.5 Å². The molecule has 0 radical (unpaired) electrons. The fourth-order valence-corrected chi connectivity index (χ4v) is 6.42. The van der Waals surface area contributed by atoms with Crippen LogP contribution in [0.1, 0.15) is 43.9 Å². The highest BCUT2D eigenvalue weighted by atomic mass is 32.2.